The summed E-state index contributed by atoms with van der Waals surface area (Å²) < 4.78 is 41.2. The van der Waals surface area contributed by atoms with E-state index in [-0.39, 0.29) is 5.69 Å². The first-order valence-corrected chi connectivity index (χ1v) is 5.59. The summed E-state index contributed by atoms with van der Waals surface area (Å²) in [6.07, 6.45) is 5.45. The van der Waals surface area contributed by atoms with Crippen LogP contribution in [0.5, 0.6) is 0 Å². The molecule has 0 spiro atoms. The molecule has 0 amide bonds. The fourth-order valence-electron chi connectivity index (χ4n) is 1.80. The van der Waals surface area contributed by atoms with E-state index in [2.05, 4.69) is 10.3 Å². The molecule has 6 heteroatoms. The van der Waals surface area contributed by atoms with Crippen LogP contribution >= 0.6 is 0 Å². The van der Waals surface area contributed by atoms with E-state index < -0.39 is 17.5 Å². The SMILES string of the molecule is Fc1cc(F)c(Nc2nccn2C2CC2)cc1F. The monoisotopic (exact) mass is 253 g/mol. The molecule has 3 nitrogen and oxygen atoms in total. The zero-order valence-electron chi connectivity index (χ0n) is 9.33. The van der Waals surface area contributed by atoms with Gasteiger partial charge in [0.25, 0.3) is 0 Å². The molecule has 0 saturated heterocycles. The van der Waals surface area contributed by atoms with Crippen LogP contribution in [0.15, 0.2) is 24.5 Å². The summed E-state index contributed by atoms with van der Waals surface area (Å²) >= 11 is 0. The fraction of sp³-hybridized carbons (Fsp3) is 0.250. The highest BCUT2D eigenvalue weighted by Gasteiger charge is 2.25. The molecular formula is C12H10F3N3. The molecule has 2 aromatic rings. The lowest BCUT2D eigenvalue weighted by Gasteiger charge is -2.09. The van der Waals surface area contributed by atoms with Crippen LogP contribution in [0, 0.1) is 17.5 Å². The van der Waals surface area contributed by atoms with Gasteiger partial charge in [0, 0.05) is 30.6 Å². The van der Waals surface area contributed by atoms with Gasteiger partial charge in [-0.1, -0.05) is 0 Å². The molecule has 1 aromatic carbocycles. The van der Waals surface area contributed by atoms with E-state index in [1.54, 1.807) is 12.4 Å². The van der Waals surface area contributed by atoms with Crippen molar-refractivity contribution in [1.82, 2.24) is 9.55 Å². The van der Waals surface area contributed by atoms with Gasteiger partial charge in [0.1, 0.15) is 5.82 Å². The molecule has 1 saturated carbocycles. The number of nitrogens with zero attached hydrogens (tertiary/aromatic N) is 2. The van der Waals surface area contributed by atoms with Crippen molar-refractivity contribution in [2.24, 2.45) is 0 Å². The smallest absolute Gasteiger partial charge is 0.207 e. The predicted molar refractivity (Wildman–Crippen MR) is 60.1 cm³/mol. The van der Waals surface area contributed by atoms with Crippen LogP contribution in [0.1, 0.15) is 18.9 Å². The van der Waals surface area contributed by atoms with E-state index in [9.17, 15) is 13.2 Å². The molecule has 1 aliphatic rings. The molecule has 18 heavy (non-hydrogen) atoms. The van der Waals surface area contributed by atoms with Crippen LogP contribution in [0.4, 0.5) is 24.8 Å². The summed E-state index contributed by atoms with van der Waals surface area (Å²) in [7, 11) is 0. The largest absolute Gasteiger partial charge is 0.323 e. The minimum absolute atomic E-state index is 0.123. The lowest BCUT2D eigenvalue weighted by atomic mass is 10.3. The number of rotatable bonds is 3. The van der Waals surface area contributed by atoms with Gasteiger partial charge in [0.05, 0.1) is 5.69 Å². The maximum absolute atomic E-state index is 13.5. The number of halogens is 3. The maximum Gasteiger partial charge on any atom is 0.207 e. The van der Waals surface area contributed by atoms with Crippen LogP contribution in [0.2, 0.25) is 0 Å². The molecule has 0 radical (unpaired) electrons. The Balaban J connectivity index is 1.92. The van der Waals surface area contributed by atoms with E-state index in [1.807, 2.05) is 4.57 Å². The normalized spacial score (nSPS) is 14.8. The van der Waals surface area contributed by atoms with Gasteiger partial charge in [-0.25, -0.2) is 18.2 Å². The summed E-state index contributed by atoms with van der Waals surface area (Å²) in [6.45, 7) is 0. The van der Waals surface area contributed by atoms with Crippen molar-refractivity contribution in [3.8, 4) is 0 Å². The van der Waals surface area contributed by atoms with Gasteiger partial charge in [-0.15, -0.1) is 0 Å². The highest BCUT2D eigenvalue weighted by atomic mass is 19.2. The van der Waals surface area contributed by atoms with Crippen molar-refractivity contribution < 1.29 is 13.2 Å². The van der Waals surface area contributed by atoms with Gasteiger partial charge in [-0.05, 0) is 12.8 Å². The van der Waals surface area contributed by atoms with Gasteiger partial charge in [-0.2, -0.15) is 0 Å². The van der Waals surface area contributed by atoms with Crippen molar-refractivity contribution in [2.45, 2.75) is 18.9 Å². The first-order chi connectivity index (χ1) is 8.65. The number of imidazole rings is 1. The standard InChI is InChI=1S/C12H10F3N3/c13-8-5-10(15)11(6-9(8)14)17-12-16-3-4-18(12)7-1-2-7/h3-7H,1-2H2,(H,16,17). The van der Waals surface area contributed by atoms with E-state index in [0.717, 1.165) is 18.9 Å². The van der Waals surface area contributed by atoms with E-state index in [0.29, 0.717) is 18.1 Å². The molecule has 1 heterocycles. The molecule has 3 rings (SSSR count). The van der Waals surface area contributed by atoms with Crippen molar-refractivity contribution in [3.63, 3.8) is 0 Å². The second-order valence-electron chi connectivity index (χ2n) is 4.26. The number of hydrogen-bond donors (Lipinski definition) is 1. The zero-order valence-corrected chi connectivity index (χ0v) is 9.33. The minimum atomic E-state index is -1.21. The average Bonchev–Trinajstić information content (AvgIpc) is 3.07. The van der Waals surface area contributed by atoms with E-state index in [4.69, 9.17) is 0 Å². The molecule has 94 valence electrons. The Morgan fingerprint density at radius 2 is 1.83 bits per heavy atom. The summed E-state index contributed by atoms with van der Waals surface area (Å²) in [5.41, 5.74) is -0.123. The molecule has 0 unspecified atom stereocenters. The number of anilines is 2. The summed E-state index contributed by atoms with van der Waals surface area (Å²) in [5.74, 6) is -2.71. The van der Waals surface area contributed by atoms with Crippen LogP contribution in [-0.2, 0) is 0 Å². The lowest BCUT2D eigenvalue weighted by molar-refractivity contribution is 0.496. The Morgan fingerprint density at radius 1 is 1.11 bits per heavy atom. The van der Waals surface area contributed by atoms with Crippen molar-refractivity contribution in [1.29, 1.82) is 0 Å². The van der Waals surface area contributed by atoms with Crippen molar-refractivity contribution in [3.05, 3.63) is 42.0 Å². The number of aromatic nitrogens is 2. The summed E-state index contributed by atoms with van der Waals surface area (Å²) in [4.78, 5) is 4.03. The molecular weight excluding hydrogens is 243 g/mol. The Kier molecular flexibility index (Phi) is 2.50. The Morgan fingerprint density at radius 3 is 2.56 bits per heavy atom. The molecule has 1 fully saturated rings. The molecule has 1 N–H and O–H groups in total. The van der Waals surface area contributed by atoms with Gasteiger partial charge in [0.15, 0.2) is 11.6 Å². The molecule has 1 aromatic heterocycles. The molecule has 1 aliphatic carbocycles. The molecule has 0 atom stereocenters. The van der Waals surface area contributed by atoms with Crippen molar-refractivity contribution >= 4 is 11.6 Å². The highest BCUT2D eigenvalue weighted by Crippen LogP contribution is 2.37. The minimum Gasteiger partial charge on any atom is -0.323 e. The second-order valence-corrected chi connectivity index (χ2v) is 4.26. The predicted octanol–water partition coefficient (Wildman–Crippen LogP) is 3.38. The number of benzene rings is 1. The summed E-state index contributed by atoms with van der Waals surface area (Å²) in [6, 6.07) is 1.67. The maximum atomic E-state index is 13.5. The third kappa shape index (κ3) is 1.94. The average molecular weight is 253 g/mol. The molecule has 0 bridgehead atoms. The van der Waals surface area contributed by atoms with Crippen LogP contribution in [0.25, 0.3) is 0 Å². The number of nitrogens with one attached hydrogen (secondary N) is 1. The first kappa shape index (κ1) is 11.1. The molecule has 0 aliphatic heterocycles. The van der Waals surface area contributed by atoms with E-state index in [1.165, 1.54) is 0 Å². The van der Waals surface area contributed by atoms with Crippen LogP contribution < -0.4 is 5.32 Å². The van der Waals surface area contributed by atoms with Crippen LogP contribution in [0.3, 0.4) is 0 Å². The number of hydrogen-bond acceptors (Lipinski definition) is 2. The van der Waals surface area contributed by atoms with E-state index >= 15 is 0 Å². The second kappa shape index (κ2) is 4.04. The Hall–Kier alpha value is -1.98. The van der Waals surface area contributed by atoms with Crippen molar-refractivity contribution in [2.75, 3.05) is 5.32 Å². The van der Waals surface area contributed by atoms with Gasteiger partial charge >= 0.3 is 0 Å². The Bertz CT molecular complexity index is 590. The lowest BCUT2D eigenvalue weighted by Crippen LogP contribution is -2.03. The quantitative estimate of drug-likeness (QED) is 0.850. The third-order valence-electron chi connectivity index (χ3n) is 2.87. The van der Waals surface area contributed by atoms with Gasteiger partial charge in [-0.3, -0.25) is 0 Å². The highest BCUT2D eigenvalue weighted by molar-refractivity contribution is 5.55. The third-order valence-corrected chi connectivity index (χ3v) is 2.87. The zero-order chi connectivity index (χ0) is 12.7. The van der Waals surface area contributed by atoms with Gasteiger partial charge < -0.3 is 9.88 Å². The van der Waals surface area contributed by atoms with Gasteiger partial charge in [0.2, 0.25) is 5.95 Å². The topological polar surface area (TPSA) is 29.9 Å². The summed E-state index contributed by atoms with van der Waals surface area (Å²) in [5, 5.41) is 2.68. The first-order valence-electron chi connectivity index (χ1n) is 5.59. The van der Waals surface area contributed by atoms with Crippen LogP contribution in [-0.4, -0.2) is 9.55 Å². The Labute approximate surface area is 101 Å². The fourth-order valence-corrected chi connectivity index (χ4v) is 1.80.